The summed E-state index contributed by atoms with van der Waals surface area (Å²) in [6.07, 6.45) is 6.67. The summed E-state index contributed by atoms with van der Waals surface area (Å²) in [6.45, 7) is 2.63. The second-order valence-corrected chi connectivity index (χ2v) is 6.53. The Kier molecular flexibility index (Phi) is 3.11. The Morgan fingerprint density at radius 2 is 2.10 bits per heavy atom. The van der Waals surface area contributed by atoms with E-state index in [2.05, 4.69) is 40.6 Å². The van der Waals surface area contributed by atoms with E-state index in [1.54, 1.807) is 0 Å². The summed E-state index contributed by atoms with van der Waals surface area (Å²) in [5.41, 5.74) is 2.33. The molecule has 0 spiro atoms. The smallest absolute Gasteiger partial charge is 0.243 e. The Balaban J connectivity index is 1.53. The van der Waals surface area contributed by atoms with Crippen molar-refractivity contribution in [3.05, 3.63) is 42.0 Å². The Hall–Kier alpha value is -1.61. The molecule has 3 nitrogen and oxygen atoms in total. The van der Waals surface area contributed by atoms with Gasteiger partial charge in [-0.2, -0.15) is 0 Å². The number of carbonyl (C=O) groups is 1. The molecular weight excluding hydrogens is 260 g/mol. The van der Waals surface area contributed by atoms with Gasteiger partial charge in [0.1, 0.15) is 5.54 Å². The molecule has 1 aromatic carbocycles. The minimum absolute atomic E-state index is 0.209. The van der Waals surface area contributed by atoms with Crippen LogP contribution in [0.2, 0.25) is 0 Å². The van der Waals surface area contributed by atoms with E-state index in [9.17, 15) is 4.79 Å². The minimum Gasteiger partial charge on any atom is -0.336 e. The van der Waals surface area contributed by atoms with Crippen LogP contribution < -0.4 is 5.32 Å². The Bertz CT molecular complexity index is 580. The topological polar surface area (TPSA) is 32.3 Å². The molecule has 0 bridgehead atoms. The zero-order valence-corrected chi connectivity index (χ0v) is 12.3. The number of hydrogen-bond donors (Lipinski definition) is 1. The molecule has 2 heterocycles. The van der Waals surface area contributed by atoms with E-state index in [1.807, 2.05) is 6.07 Å². The summed E-state index contributed by atoms with van der Waals surface area (Å²) in [5.74, 6) is 0.925. The van der Waals surface area contributed by atoms with Gasteiger partial charge in [-0.3, -0.25) is 4.79 Å². The molecule has 1 aromatic rings. The lowest BCUT2D eigenvalue weighted by atomic mass is 9.67. The fourth-order valence-corrected chi connectivity index (χ4v) is 4.15. The van der Waals surface area contributed by atoms with E-state index in [-0.39, 0.29) is 5.54 Å². The Morgan fingerprint density at radius 1 is 1.24 bits per heavy atom. The van der Waals surface area contributed by atoms with Crippen molar-refractivity contribution in [3.63, 3.8) is 0 Å². The lowest BCUT2D eigenvalue weighted by Crippen LogP contribution is -2.63. The monoisotopic (exact) mass is 282 g/mol. The molecule has 1 amide bonds. The first-order valence-electron chi connectivity index (χ1n) is 8.08. The first kappa shape index (κ1) is 13.1. The van der Waals surface area contributed by atoms with Crippen LogP contribution in [0.15, 0.2) is 36.4 Å². The predicted molar refractivity (Wildman–Crippen MR) is 83.7 cm³/mol. The molecule has 1 saturated carbocycles. The number of nitrogens with zero attached hydrogens (tertiary/aromatic N) is 1. The van der Waals surface area contributed by atoms with Gasteiger partial charge < -0.3 is 10.2 Å². The maximum atomic E-state index is 13.0. The number of carbonyl (C=O) groups excluding carboxylic acids is 1. The number of benzene rings is 1. The first-order chi connectivity index (χ1) is 10.3. The van der Waals surface area contributed by atoms with Crippen LogP contribution in [-0.2, 0) is 4.79 Å². The number of fused-ring (bicyclic) bond motifs is 1. The average Bonchev–Trinajstić information content (AvgIpc) is 2.83. The first-order valence-corrected chi connectivity index (χ1v) is 8.08. The number of rotatable bonds is 2. The molecule has 2 atom stereocenters. The van der Waals surface area contributed by atoms with Gasteiger partial charge in [0.25, 0.3) is 0 Å². The van der Waals surface area contributed by atoms with Crippen molar-refractivity contribution in [2.45, 2.75) is 31.2 Å². The van der Waals surface area contributed by atoms with Crippen molar-refractivity contribution in [2.24, 2.45) is 5.92 Å². The van der Waals surface area contributed by atoms with E-state index in [1.165, 1.54) is 24.0 Å². The normalized spacial score (nSPS) is 31.3. The summed E-state index contributed by atoms with van der Waals surface area (Å²) in [6, 6.07) is 10.4. The van der Waals surface area contributed by atoms with Gasteiger partial charge >= 0.3 is 0 Å². The van der Waals surface area contributed by atoms with Crippen molar-refractivity contribution in [3.8, 4) is 0 Å². The Labute approximate surface area is 126 Å². The van der Waals surface area contributed by atoms with Gasteiger partial charge in [0.15, 0.2) is 0 Å². The highest BCUT2D eigenvalue weighted by molar-refractivity contribution is 5.90. The molecule has 0 radical (unpaired) electrons. The molecule has 3 heteroatoms. The summed E-state index contributed by atoms with van der Waals surface area (Å²) in [5, 5.41) is 3.51. The largest absolute Gasteiger partial charge is 0.336 e. The second kappa shape index (κ2) is 4.99. The lowest BCUT2D eigenvalue weighted by molar-refractivity contribution is -0.143. The molecule has 21 heavy (non-hydrogen) atoms. The second-order valence-electron chi connectivity index (χ2n) is 6.53. The third-order valence-electron chi connectivity index (χ3n) is 5.48. The lowest BCUT2D eigenvalue weighted by Gasteiger charge is -2.46. The summed E-state index contributed by atoms with van der Waals surface area (Å²) in [4.78, 5) is 15.1. The van der Waals surface area contributed by atoms with Gasteiger partial charge in [-0.1, -0.05) is 36.4 Å². The third-order valence-corrected chi connectivity index (χ3v) is 5.48. The quantitative estimate of drug-likeness (QED) is 0.903. The van der Waals surface area contributed by atoms with Gasteiger partial charge in [0, 0.05) is 13.1 Å². The molecule has 2 unspecified atom stereocenters. The standard InChI is InChI=1S/C18H22N2O/c21-17(18-10-8-16(18)9-11-19-18)20-12-4-7-15(13-20)14-5-2-1-3-6-14/h1-3,5-7,16,19H,4,8-13H2. The van der Waals surface area contributed by atoms with Gasteiger partial charge in [-0.15, -0.1) is 0 Å². The summed E-state index contributed by atoms with van der Waals surface area (Å²) < 4.78 is 0. The highest BCUT2D eigenvalue weighted by Gasteiger charge is 2.56. The van der Waals surface area contributed by atoms with E-state index in [0.717, 1.165) is 32.5 Å². The zero-order chi connectivity index (χ0) is 14.3. The van der Waals surface area contributed by atoms with Gasteiger partial charge in [-0.05, 0) is 49.3 Å². The Morgan fingerprint density at radius 3 is 2.81 bits per heavy atom. The van der Waals surface area contributed by atoms with Crippen molar-refractivity contribution in [2.75, 3.05) is 19.6 Å². The van der Waals surface area contributed by atoms with Crippen LogP contribution in [-0.4, -0.2) is 36.0 Å². The van der Waals surface area contributed by atoms with Gasteiger partial charge in [0.05, 0.1) is 0 Å². The molecule has 0 aromatic heterocycles. The van der Waals surface area contributed by atoms with E-state index < -0.39 is 0 Å². The summed E-state index contributed by atoms with van der Waals surface area (Å²) in [7, 11) is 0. The van der Waals surface area contributed by atoms with E-state index in [4.69, 9.17) is 0 Å². The third kappa shape index (κ3) is 2.03. The average molecular weight is 282 g/mol. The van der Waals surface area contributed by atoms with E-state index in [0.29, 0.717) is 11.8 Å². The molecule has 1 N–H and O–H groups in total. The van der Waals surface area contributed by atoms with Crippen LogP contribution in [0.5, 0.6) is 0 Å². The van der Waals surface area contributed by atoms with Crippen LogP contribution >= 0.6 is 0 Å². The molecule has 1 saturated heterocycles. The highest BCUT2D eigenvalue weighted by Crippen LogP contribution is 2.46. The molecule has 1 aliphatic carbocycles. The number of hydrogen-bond acceptors (Lipinski definition) is 2. The minimum atomic E-state index is -0.209. The van der Waals surface area contributed by atoms with Crippen LogP contribution in [0.25, 0.3) is 5.57 Å². The van der Waals surface area contributed by atoms with Crippen LogP contribution in [0, 0.1) is 5.92 Å². The molecule has 110 valence electrons. The van der Waals surface area contributed by atoms with Crippen LogP contribution in [0.3, 0.4) is 0 Å². The SMILES string of the molecule is O=C(N1CCC=C(c2ccccc2)C1)C12CCC1CCN2. The van der Waals surface area contributed by atoms with E-state index >= 15 is 0 Å². The maximum Gasteiger partial charge on any atom is 0.243 e. The van der Waals surface area contributed by atoms with Crippen molar-refractivity contribution < 1.29 is 4.79 Å². The van der Waals surface area contributed by atoms with Gasteiger partial charge in [0.2, 0.25) is 5.91 Å². The number of amides is 1. The van der Waals surface area contributed by atoms with Crippen LogP contribution in [0.1, 0.15) is 31.2 Å². The molecular formula is C18H22N2O. The molecule has 4 rings (SSSR count). The molecule has 2 fully saturated rings. The van der Waals surface area contributed by atoms with Crippen molar-refractivity contribution >= 4 is 11.5 Å². The predicted octanol–water partition coefficient (Wildman–Crippen LogP) is 2.44. The van der Waals surface area contributed by atoms with Crippen molar-refractivity contribution in [1.29, 1.82) is 0 Å². The molecule has 3 aliphatic rings. The fourth-order valence-electron chi connectivity index (χ4n) is 4.15. The summed E-state index contributed by atoms with van der Waals surface area (Å²) >= 11 is 0. The van der Waals surface area contributed by atoms with Crippen molar-refractivity contribution in [1.82, 2.24) is 10.2 Å². The highest BCUT2D eigenvalue weighted by atomic mass is 16.2. The number of nitrogens with one attached hydrogen (secondary N) is 1. The maximum absolute atomic E-state index is 13.0. The fraction of sp³-hybridized carbons (Fsp3) is 0.500. The molecule has 2 aliphatic heterocycles. The van der Waals surface area contributed by atoms with Gasteiger partial charge in [-0.25, -0.2) is 0 Å². The van der Waals surface area contributed by atoms with Crippen LogP contribution in [0.4, 0.5) is 0 Å². The zero-order valence-electron chi connectivity index (χ0n) is 12.3.